The standard InChI is InChI=1S/C24H27ClN6O3/c25-24-27-11-10-20(28-24)30(16-6-4-15(26)5-7-16)12-14-2-1-3-17-18(14)13-31(23(17)34)19-8-9-21(32)29-22(19)33/h1-3,10-11,15-16,19H,4-9,12-13,26H2,(H,29,32,33). The van der Waals surface area contributed by atoms with Gasteiger partial charge < -0.3 is 15.5 Å². The van der Waals surface area contributed by atoms with Crippen molar-refractivity contribution in [3.63, 3.8) is 0 Å². The summed E-state index contributed by atoms with van der Waals surface area (Å²) in [6.45, 7) is 0.886. The summed E-state index contributed by atoms with van der Waals surface area (Å²) in [5.74, 6) is -0.136. The van der Waals surface area contributed by atoms with Gasteiger partial charge in [0.2, 0.25) is 17.1 Å². The van der Waals surface area contributed by atoms with Gasteiger partial charge in [-0.3, -0.25) is 19.7 Å². The van der Waals surface area contributed by atoms with Crippen LogP contribution in [0.2, 0.25) is 5.28 Å². The van der Waals surface area contributed by atoms with Crippen LogP contribution in [0.15, 0.2) is 30.5 Å². The fourth-order valence-electron chi connectivity index (χ4n) is 5.28. The van der Waals surface area contributed by atoms with Gasteiger partial charge in [0.1, 0.15) is 11.9 Å². The number of anilines is 1. The van der Waals surface area contributed by atoms with Gasteiger partial charge in [0.25, 0.3) is 5.91 Å². The quantitative estimate of drug-likeness (QED) is 0.494. The average Bonchev–Trinajstić information content (AvgIpc) is 3.15. The Morgan fingerprint density at radius 3 is 2.65 bits per heavy atom. The van der Waals surface area contributed by atoms with Crippen molar-refractivity contribution in [2.24, 2.45) is 5.73 Å². The van der Waals surface area contributed by atoms with Crippen molar-refractivity contribution >= 4 is 35.1 Å². The Balaban J connectivity index is 1.44. The highest BCUT2D eigenvalue weighted by molar-refractivity contribution is 6.28. The predicted octanol–water partition coefficient (Wildman–Crippen LogP) is 2.17. The lowest BCUT2D eigenvalue weighted by molar-refractivity contribution is -0.136. The molecule has 1 atom stereocenters. The lowest BCUT2D eigenvalue weighted by atomic mass is 9.90. The number of aromatic nitrogens is 2. The number of piperidine rings is 1. The minimum Gasteiger partial charge on any atom is -0.349 e. The van der Waals surface area contributed by atoms with Crippen molar-refractivity contribution in [1.29, 1.82) is 0 Å². The fraction of sp³-hybridized carbons (Fsp3) is 0.458. The largest absolute Gasteiger partial charge is 0.349 e. The van der Waals surface area contributed by atoms with Gasteiger partial charge in [-0.05, 0) is 67.0 Å². The van der Waals surface area contributed by atoms with E-state index in [1.165, 1.54) is 0 Å². The first-order valence-corrected chi connectivity index (χ1v) is 12.0. The molecule has 2 fully saturated rings. The normalized spacial score (nSPS) is 24.7. The molecule has 0 spiro atoms. The van der Waals surface area contributed by atoms with E-state index in [4.69, 9.17) is 17.3 Å². The molecule has 9 nitrogen and oxygen atoms in total. The van der Waals surface area contributed by atoms with Crippen LogP contribution >= 0.6 is 11.6 Å². The van der Waals surface area contributed by atoms with Gasteiger partial charge in [-0.1, -0.05) is 12.1 Å². The van der Waals surface area contributed by atoms with Crippen LogP contribution in [0, 0.1) is 0 Å². The van der Waals surface area contributed by atoms with Crippen LogP contribution in [0.25, 0.3) is 0 Å². The molecule has 3 amide bonds. The molecular weight excluding hydrogens is 456 g/mol. The minimum absolute atomic E-state index is 0.174. The van der Waals surface area contributed by atoms with E-state index in [9.17, 15) is 14.4 Å². The average molecular weight is 483 g/mol. The maximum Gasteiger partial charge on any atom is 0.255 e. The molecule has 0 bridgehead atoms. The van der Waals surface area contributed by atoms with E-state index in [2.05, 4.69) is 20.2 Å². The van der Waals surface area contributed by atoms with Crippen LogP contribution in [-0.2, 0) is 22.7 Å². The molecule has 5 rings (SSSR count). The Hall–Kier alpha value is -3.04. The van der Waals surface area contributed by atoms with Crippen molar-refractivity contribution in [1.82, 2.24) is 20.2 Å². The van der Waals surface area contributed by atoms with E-state index in [-0.39, 0.29) is 35.6 Å². The smallest absolute Gasteiger partial charge is 0.255 e. The molecule has 178 valence electrons. The van der Waals surface area contributed by atoms with Crippen molar-refractivity contribution in [3.8, 4) is 0 Å². The number of imide groups is 1. The minimum atomic E-state index is -0.637. The van der Waals surface area contributed by atoms with Crippen LogP contribution in [0.3, 0.4) is 0 Å². The second-order valence-corrected chi connectivity index (χ2v) is 9.56. The summed E-state index contributed by atoms with van der Waals surface area (Å²) in [7, 11) is 0. The number of nitrogens with one attached hydrogen (secondary N) is 1. The molecule has 0 radical (unpaired) electrons. The van der Waals surface area contributed by atoms with Crippen molar-refractivity contribution < 1.29 is 14.4 Å². The summed E-state index contributed by atoms with van der Waals surface area (Å²) in [5, 5.41) is 2.54. The molecule has 3 aliphatic rings. The van der Waals surface area contributed by atoms with Gasteiger partial charge in [0.05, 0.1) is 0 Å². The number of hydrogen-bond acceptors (Lipinski definition) is 7. The van der Waals surface area contributed by atoms with E-state index in [0.29, 0.717) is 25.1 Å². The van der Waals surface area contributed by atoms with E-state index < -0.39 is 11.9 Å². The maximum atomic E-state index is 13.2. The van der Waals surface area contributed by atoms with Crippen LogP contribution in [0.4, 0.5) is 5.82 Å². The number of nitrogens with zero attached hydrogens (tertiary/aromatic N) is 4. The van der Waals surface area contributed by atoms with Crippen molar-refractivity contribution in [2.45, 2.75) is 69.7 Å². The zero-order valence-corrected chi connectivity index (χ0v) is 19.5. The third-order valence-electron chi connectivity index (χ3n) is 7.11. The second kappa shape index (κ2) is 9.31. The summed E-state index contributed by atoms with van der Waals surface area (Å²) in [6.07, 6.45) is 5.99. The topological polar surface area (TPSA) is 122 Å². The number of fused-ring (bicyclic) bond motifs is 1. The van der Waals surface area contributed by atoms with Gasteiger partial charge in [-0.2, -0.15) is 0 Å². The second-order valence-electron chi connectivity index (χ2n) is 9.22. The van der Waals surface area contributed by atoms with E-state index in [0.717, 1.165) is 42.6 Å². The first-order chi connectivity index (χ1) is 16.4. The molecule has 2 aliphatic heterocycles. The zero-order valence-electron chi connectivity index (χ0n) is 18.7. The number of halogens is 1. The number of nitrogens with two attached hydrogens (primary N) is 1. The van der Waals surface area contributed by atoms with Crippen LogP contribution in [0.5, 0.6) is 0 Å². The lowest BCUT2D eigenvalue weighted by Gasteiger charge is -2.37. The number of benzene rings is 1. The molecule has 1 unspecified atom stereocenters. The molecule has 1 saturated heterocycles. The van der Waals surface area contributed by atoms with E-state index in [1.54, 1.807) is 17.2 Å². The SMILES string of the molecule is NC1CCC(N(Cc2cccc3c2CN(C2CCC(=O)NC2=O)C3=O)c2ccnc(Cl)n2)CC1. The molecule has 2 aromatic rings. The number of carbonyl (C=O) groups excluding carboxylic acids is 3. The van der Waals surface area contributed by atoms with Crippen molar-refractivity contribution in [2.75, 3.05) is 4.90 Å². The number of carbonyl (C=O) groups is 3. The summed E-state index contributed by atoms with van der Waals surface area (Å²) < 4.78 is 0. The Morgan fingerprint density at radius 2 is 1.91 bits per heavy atom. The van der Waals surface area contributed by atoms with Gasteiger partial charge >= 0.3 is 0 Å². The van der Waals surface area contributed by atoms with Gasteiger partial charge in [0, 0.05) is 43.4 Å². The molecule has 1 saturated carbocycles. The Morgan fingerprint density at radius 1 is 1.12 bits per heavy atom. The highest BCUT2D eigenvalue weighted by Gasteiger charge is 2.40. The molecule has 3 N–H and O–H groups in total. The fourth-order valence-corrected chi connectivity index (χ4v) is 5.42. The molecular formula is C24H27ClN6O3. The lowest BCUT2D eigenvalue weighted by Crippen LogP contribution is -2.52. The number of rotatable bonds is 5. The monoisotopic (exact) mass is 482 g/mol. The highest BCUT2D eigenvalue weighted by atomic mass is 35.5. The van der Waals surface area contributed by atoms with Crippen LogP contribution < -0.4 is 16.0 Å². The molecule has 1 aromatic carbocycles. The van der Waals surface area contributed by atoms with Gasteiger partial charge in [0.15, 0.2) is 0 Å². The maximum absolute atomic E-state index is 13.2. The Kier molecular flexibility index (Phi) is 6.22. The number of amides is 3. The van der Waals surface area contributed by atoms with Gasteiger partial charge in [-0.25, -0.2) is 9.97 Å². The summed E-state index contributed by atoms with van der Waals surface area (Å²) >= 11 is 6.11. The van der Waals surface area contributed by atoms with Gasteiger partial charge in [-0.15, -0.1) is 0 Å². The molecule has 3 heterocycles. The molecule has 1 aliphatic carbocycles. The Bertz CT molecular complexity index is 1130. The molecule has 10 heteroatoms. The van der Waals surface area contributed by atoms with Crippen molar-refractivity contribution in [3.05, 3.63) is 52.4 Å². The predicted molar refractivity (Wildman–Crippen MR) is 126 cm³/mol. The zero-order chi connectivity index (χ0) is 23.8. The molecule has 34 heavy (non-hydrogen) atoms. The van der Waals surface area contributed by atoms with Crippen LogP contribution in [-0.4, -0.2) is 50.7 Å². The highest BCUT2D eigenvalue weighted by Crippen LogP contribution is 2.33. The first kappa shape index (κ1) is 22.7. The number of hydrogen-bond donors (Lipinski definition) is 2. The molecule has 1 aromatic heterocycles. The summed E-state index contributed by atoms with van der Waals surface area (Å²) in [5.41, 5.74) is 8.67. The summed E-state index contributed by atoms with van der Waals surface area (Å²) in [6, 6.07) is 7.37. The van der Waals surface area contributed by atoms with Crippen LogP contribution in [0.1, 0.15) is 60.0 Å². The third kappa shape index (κ3) is 4.37. The summed E-state index contributed by atoms with van der Waals surface area (Å²) in [4.78, 5) is 49.5. The third-order valence-corrected chi connectivity index (χ3v) is 7.29. The first-order valence-electron chi connectivity index (χ1n) is 11.7. The van der Waals surface area contributed by atoms with E-state index in [1.807, 2.05) is 18.2 Å². The van der Waals surface area contributed by atoms with E-state index >= 15 is 0 Å². The Labute approximate surface area is 202 Å².